The number of halogens is 2. The summed E-state index contributed by atoms with van der Waals surface area (Å²) in [4.78, 5) is 37.6. The first-order chi connectivity index (χ1) is 13.4. The summed E-state index contributed by atoms with van der Waals surface area (Å²) in [5.41, 5.74) is 1.16. The second-order valence-electron chi connectivity index (χ2n) is 5.55. The summed E-state index contributed by atoms with van der Waals surface area (Å²) in [7, 11) is 1.29. The third kappa shape index (κ3) is 4.68. The highest BCUT2D eigenvalue weighted by Gasteiger charge is 2.36. The average molecular weight is 530 g/mol. The van der Waals surface area contributed by atoms with Crippen molar-refractivity contribution in [2.24, 2.45) is 0 Å². The first-order valence-corrected chi connectivity index (χ1v) is 10.2. The van der Waals surface area contributed by atoms with E-state index in [9.17, 15) is 14.4 Å². The lowest BCUT2D eigenvalue weighted by atomic mass is 10.2. The van der Waals surface area contributed by atoms with Crippen LogP contribution in [0.1, 0.15) is 5.56 Å². The van der Waals surface area contributed by atoms with Crippen LogP contribution < -0.4 is 9.64 Å². The summed E-state index contributed by atoms with van der Waals surface area (Å²) in [6, 6.07) is 11.8. The van der Waals surface area contributed by atoms with Crippen molar-refractivity contribution in [3.8, 4) is 5.75 Å². The number of rotatable bonds is 5. The number of ether oxygens (including phenoxy) is 2. The van der Waals surface area contributed by atoms with E-state index in [0.29, 0.717) is 21.4 Å². The topological polar surface area (TPSA) is 72.9 Å². The van der Waals surface area contributed by atoms with Gasteiger partial charge in [0.1, 0.15) is 5.75 Å². The molecule has 1 saturated heterocycles. The summed E-state index contributed by atoms with van der Waals surface area (Å²) in [6.07, 6.45) is 1.64. The smallest absolute Gasteiger partial charge is 0.343 e. The molecule has 1 aliphatic heterocycles. The second-order valence-corrected chi connectivity index (χ2v) is 8.14. The van der Waals surface area contributed by atoms with Gasteiger partial charge in [-0.25, -0.2) is 9.69 Å². The molecule has 0 unspecified atom stereocenters. The molecule has 0 aliphatic carbocycles. The molecule has 2 aromatic rings. The van der Waals surface area contributed by atoms with Crippen LogP contribution in [-0.2, 0) is 14.3 Å². The van der Waals surface area contributed by atoms with Crippen LogP contribution in [0.5, 0.6) is 5.75 Å². The molecule has 0 radical (unpaired) electrons. The van der Waals surface area contributed by atoms with Crippen LogP contribution in [0.15, 0.2) is 47.4 Å². The van der Waals surface area contributed by atoms with Crippen LogP contribution in [0.25, 0.3) is 6.08 Å². The van der Waals surface area contributed by atoms with Crippen LogP contribution in [0.3, 0.4) is 0 Å². The number of amides is 2. The fourth-order valence-electron chi connectivity index (χ4n) is 2.38. The standard InChI is InChI=1S/C19H13ClINO5S/c1-26-17(23)10-27-15-6-5-11(7-14(15)21)8-16-18(24)22(19(25)28-16)13-4-2-3-12(20)9-13/h2-9H,10H2,1H3/b16-8+. The van der Waals surface area contributed by atoms with Crippen molar-refractivity contribution < 1.29 is 23.9 Å². The zero-order chi connectivity index (χ0) is 20.3. The first kappa shape index (κ1) is 20.7. The molecule has 1 fully saturated rings. The molecule has 0 aromatic heterocycles. The molecule has 144 valence electrons. The number of hydrogen-bond donors (Lipinski definition) is 0. The fourth-order valence-corrected chi connectivity index (χ4v) is 4.10. The van der Waals surface area contributed by atoms with Crippen LogP contribution >= 0.6 is 46.0 Å². The van der Waals surface area contributed by atoms with E-state index in [4.69, 9.17) is 16.3 Å². The molecular formula is C19H13ClINO5S. The number of methoxy groups -OCH3 is 1. The van der Waals surface area contributed by atoms with Gasteiger partial charge >= 0.3 is 5.97 Å². The van der Waals surface area contributed by atoms with Crippen molar-refractivity contribution in [3.63, 3.8) is 0 Å². The minimum Gasteiger partial charge on any atom is -0.481 e. The highest BCUT2D eigenvalue weighted by atomic mass is 127. The van der Waals surface area contributed by atoms with Crippen LogP contribution in [0.2, 0.25) is 5.02 Å². The minimum absolute atomic E-state index is 0.190. The molecule has 2 amide bonds. The summed E-state index contributed by atoms with van der Waals surface area (Å²) in [5.74, 6) is -0.358. The Morgan fingerprint density at radius 2 is 2.04 bits per heavy atom. The normalized spacial score (nSPS) is 15.2. The molecule has 0 saturated carbocycles. The lowest BCUT2D eigenvalue weighted by molar-refractivity contribution is -0.142. The predicted octanol–water partition coefficient (Wildman–Crippen LogP) is 4.74. The summed E-state index contributed by atoms with van der Waals surface area (Å²) in [6.45, 7) is -0.190. The van der Waals surface area contributed by atoms with Gasteiger partial charge in [0.25, 0.3) is 11.1 Å². The number of carbonyl (C=O) groups excluding carboxylic acids is 3. The van der Waals surface area contributed by atoms with Crippen molar-refractivity contribution in [1.82, 2.24) is 0 Å². The predicted molar refractivity (Wildman–Crippen MR) is 117 cm³/mol. The van der Waals surface area contributed by atoms with E-state index >= 15 is 0 Å². The number of hydrogen-bond acceptors (Lipinski definition) is 6. The Bertz CT molecular complexity index is 994. The SMILES string of the molecule is COC(=O)COc1ccc(/C=C2/SC(=O)N(c3cccc(Cl)c3)C2=O)cc1I. The molecular weight excluding hydrogens is 517 g/mol. The van der Waals surface area contributed by atoms with E-state index in [1.54, 1.807) is 48.5 Å². The highest BCUT2D eigenvalue weighted by molar-refractivity contribution is 14.1. The van der Waals surface area contributed by atoms with Gasteiger partial charge in [0, 0.05) is 5.02 Å². The van der Waals surface area contributed by atoms with Crippen LogP contribution in [-0.4, -0.2) is 30.8 Å². The molecule has 0 atom stereocenters. The zero-order valence-corrected chi connectivity index (χ0v) is 18.2. The van der Waals surface area contributed by atoms with Crippen LogP contribution in [0, 0.1) is 3.57 Å². The molecule has 3 rings (SSSR count). The van der Waals surface area contributed by atoms with E-state index in [0.717, 1.165) is 25.8 Å². The molecule has 28 heavy (non-hydrogen) atoms. The Balaban J connectivity index is 1.80. The number of thioether (sulfide) groups is 1. The van der Waals surface area contributed by atoms with Gasteiger partial charge in [0.2, 0.25) is 0 Å². The lowest BCUT2D eigenvalue weighted by Gasteiger charge is -2.12. The fraction of sp³-hybridized carbons (Fsp3) is 0.105. The number of imide groups is 1. The molecule has 1 heterocycles. The quantitative estimate of drug-likeness (QED) is 0.317. The van der Waals surface area contributed by atoms with Gasteiger partial charge in [0.05, 0.1) is 21.3 Å². The molecule has 0 bridgehead atoms. The first-order valence-electron chi connectivity index (χ1n) is 7.91. The maximum Gasteiger partial charge on any atom is 0.343 e. The largest absolute Gasteiger partial charge is 0.481 e. The zero-order valence-electron chi connectivity index (χ0n) is 14.5. The summed E-state index contributed by atoms with van der Waals surface area (Å²) >= 11 is 8.89. The van der Waals surface area contributed by atoms with E-state index in [1.165, 1.54) is 7.11 Å². The van der Waals surface area contributed by atoms with Crippen molar-refractivity contribution in [2.75, 3.05) is 18.6 Å². The number of anilines is 1. The Hall–Kier alpha value is -2.04. The third-order valence-corrected chi connectivity index (χ3v) is 5.63. The monoisotopic (exact) mass is 529 g/mol. The average Bonchev–Trinajstić information content (AvgIpc) is 2.94. The molecule has 1 aliphatic rings. The molecule has 2 aromatic carbocycles. The summed E-state index contributed by atoms with van der Waals surface area (Å²) in [5, 5.41) is 0.0591. The van der Waals surface area contributed by atoms with E-state index in [2.05, 4.69) is 27.3 Å². The number of benzene rings is 2. The maximum atomic E-state index is 12.7. The highest BCUT2D eigenvalue weighted by Crippen LogP contribution is 2.36. The molecule has 0 N–H and O–H groups in total. The van der Waals surface area contributed by atoms with Gasteiger partial charge in [0.15, 0.2) is 6.61 Å². The van der Waals surface area contributed by atoms with Gasteiger partial charge < -0.3 is 9.47 Å². The Morgan fingerprint density at radius 1 is 1.25 bits per heavy atom. The molecule has 0 spiro atoms. The van der Waals surface area contributed by atoms with Gasteiger partial charge in [-0.3, -0.25) is 9.59 Å². The van der Waals surface area contributed by atoms with Crippen molar-refractivity contribution >= 4 is 74.8 Å². The lowest BCUT2D eigenvalue weighted by Crippen LogP contribution is -2.27. The van der Waals surface area contributed by atoms with Crippen molar-refractivity contribution in [1.29, 1.82) is 0 Å². The third-order valence-electron chi connectivity index (χ3n) is 3.69. The molecule has 9 heteroatoms. The Labute approximate surface area is 184 Å². The number of nitrogens with zero attached hydrogens (tertiary/aromatic N) is 1. The molecule has 6 nitrogen and oxygen atoms in total. The number of carbonyl (C=O) groups is 3. The van der Waals surface area contributed by atoms with Crippen LogP contribution in [0.4, 0.5) is 10.5 Å². The van der Waals surface area contributed by atoms with Crippen molar-refractivity contribution in [2.45, 2.75) is 0 Å². The van der Waals surface area contributed by atoms with Gasteiger partial charge in [-0.15, -0.1) is 0 Å². The number of esters is 1. The van der Waals surface area contributed by atoms with Crippen molar-refractivity contribution in [3.05, 3.63) is 61.5 Å². The van der Waals surface area contributed by atoms with Gasteiger partial charge in [-0.05, 0) is 76.3 Å². The van der Waals surface area contributed by atoms with E-state index in [-0.39, 0.29) is 11.8 Å². The maximum absolute atomic E-state index is 12.7. The summed E-state index contributed by atoms with van der Waals surface area (Å²) < 4.78 is 10.7. The van der Waals surface area contributed by atoms with E-state index < -0.39 is 11.9 Å². The second kappa shape index (κ2) is 8.97. The van der Waals surface area contributed by atoms with Gasteiger partial charge in [-0.2, -0.15) is 0 Å². The van der Waals surface area contributed by atoms with Gasteiger partial charge in [-0.1, -0.05) is 23.7 Å². The Kier molecular flexibility index (Phi) is 6.63. The minimum atomic E-state index is -0.477. The van der Waals surface area contributed by atoms with E-state index in [1.807, 2.05) is 0 Å². The Morgan fingerprint density at radius 3 is 2.71 bits per heavy atom.